The van der Waals surface area contributed by atoms with Gasteiger partial charge >= 0.3 is 5.97 Å². The van der Waals surface area contributed by atoms with Crippen molar-refractivity contribution in [3.63, 3.8) is 0 Å². The van der Waals surface area contributed by atoms with Gasteiger partial charge in [-0.25, -0.2) is 0 Å². The Morgan fingerprint density at radius 1 is 1.30 bits per heavy atom. The number of hydrogen-bond donors (Lipinski definition) is 1. The summed E-state index contributed by atoms with van der Waals surface area (Å²) in [6.45, 7) is 3.35. The molecule has 6 heteroatoms. The standard InChI is InChI=1S/C14H24N2O4/c1-2-20-14(19)8-6-9-15-12(17)11-16-10-5-3-4-7-13(16)18/h2-11H2,1H3,(H,15,17). The van der Waals surface area contributed by atoms with Crippen molar-refractivity contribution in [2.24, 2.45) is 0 Å². The summed E-state index contributed by atoms with van der Waals surface area (Å²) in [4.78, 5) is 36.2. The van der Waals surface area contributed by atoms with Crippen LogP contribution in [0.5, 0.6) is 0 Å². The van der Waals surface area contributed by atoms with Crippen LogP contribution >= 0.6 is 0 Å². The summed E-state index contributed by atoms with van der Waals surface area (Å²) >= 11 is 0. The lowest BCUT2D eigenvalue weighted by Crippen LogP contribution is -2.40. The number of esters is 1. The number of ether oxygens (including phenoxy) is 1. The number of rotatable bonds is 7. The van der Waals surface area contributed by atoms with Crippen LogP contribution in [0.25, 0.3) is 0 Å². The summed E-state index contributed by atoms with van der Waals surface area (Å²) in [5.74, 6) is -0.349. The molecule has 0 aromatic carbocycles. The van der Waals surface area contributed by atoms with Gasteiger partial charge in [-0.15, -0.1) is 0 Å². The van der Waals surface area contributed by atoms with Gasteiger partial charge in [-0.1, -0.05) is 6.42 Å². The fourth-order valence-electron chi connectivity index (χ4n) is 2.13. The number of carbonyl (C=O) groups is 3. The third-order valence-electron chi connectivity index (χ3n) is 3.19. The molecule has 1 heterocycles. The summed E-state index contributed by atoms with van der Waals surface area (Å²) in [6.07, 6.45) is 4.31. The van der Waals surface area contributed by atoms with Crippen molar-refractivity contribution in [3.05, 3.63) is 0 Å². The van der Waals surface area contributed by atoms with Crippen LogP contribution in [0.2, 0.25) is 0 Å². The normalized spacial score (nSPS) is 15.7. The molecule has 0 saturated carbocycles. The lowest BCUT2D eigenvalue weighted by molar-refractivity contribution is -0.143. The molecule has 1 saturated heterocycles. The first-order valence-electron chi connectivity index (χ1n) is 7.33. The van der Waals surface area contributed by atoms with Crippen LogP contribution < -0.4 is 5.32 Å². The van der Waals surface area contributed by atoms with Crippen LogP contribution in [0, 0.1) is 0 Å². The summed E-state index contributed by atoms with van der Waals surface area (Å²) in [6, 6.07) is 0. The van der Waals surface area contributed by atoms with Crippen molar-refractivity contribution in [2.45, 2.75) is 45.4 Å². The highest BCUT2D eigenvalue weighted by atomic mass is 16.5. The Balaban J connectivity index is 2.16. The molecule has 0 bridgehead atoms. The van der Waals surface area contributed by atoms with Gasteiger partial charge in [0.25, 0.3) is 0 Å². The van der Waals surface area contributed by atoms with E-state index in [9.17, 15) is 14.4 Å². The molecular weight excluding hydrogens is 260 g/mol. The average Bonchev–Trinajstić information content (AvgIpc) is 2.61. The highest BCUT2D eigenvalue weighted by Crippen LogP contribution is 2.10. The molecule has 0 aliphatic carbocycles. The third-order valence-corrected chi connectivity index (χ3v) is 3.19. The zero-order valence-corrected chi connectivity index (χ0v) is 12.2. The van der Waals surface area contributed by atoms with Crippen LogP contribution in [0.15, 0.2) is 0 Å². The van der Waals surface area contributed by atoms with E-state index in [0.717, 1.165) is 19.3 Å². The van der Waals surface area contributed by atoms with Crippen LogP contribution in [0.3, 0.4) is 0 Å². The predicted molar refractivity (Wildman–Crippen MR) is 73.9 cm³/mol. The maximum atomic E-state index is 11.7. The highest BCUT2D eigenvalue weighted by molar-refractivity contribution is 5.84. The second-order valence-corrected chi connectivity index (χ2v) is 4.88. The van der Waals surface area contributed by atoms with Gasteiger partial charge in [-0.3, -0.25) is 14.4 Å². The minimum absolute atomic E-state index is 0.0594. The topological polar surface area (TPSA) is 75.7 Å². The lowest BCUT2D eigenvalue weighted by atomic mass is 10.2. The Morgan fingerprint density at radius 3 is 2.85 bits per heavy atom. The lowest BCUT2D eigenvalue weighted by Gasteiger charge is -2.19. The Kier molecular flexibility index (Phi) is 7.69. The number of carbonyl (C=O) groups excluding carboxylic acids is 3. The first kappa shape index (κ1) is 16.5. The van der Waals surface area contributed by atoms with E-state index in [0.29, 0.717) is 39.0 Å². The van der Waals surface area contributed by atoms with Crippen LogP contribution in [0.4, 0.5) is 0 Å². The summed E-state index contributed by atoms with van der Waals surface area (Å²) in [5.41, 5.74) is 0. The maximum Gasteiger partial charge on any atom is 0.305 e. The molecule has 114 valence electrons. The Hall–Kier alpha value is -1.59. The van der Waals surface area contributed by atoms with E-state index in [-0.39, 0.29) is 24.3 Å². The Bertz CT molecular complexity index is 344. The van der Waals surface area contributed by atoms with Gasteiger partial charge < -0.3 is 15.0 Å². The minimum Gasteiger partial charge on any atom is -0.466 e. The molecule has 1 N–H and O–H groups in total. The van der Waals surface area contributed by atoms with Crippen LogP contribution in [-0.2, 0) is 19.1 Å². The van der Waals surface area contributed by atoms with E-state index < -0.39 is 0 Å². The van der Waals surface area contributed by atoms with Gasteiger partial charge in [-0.05, 0) is 26.2 Å². The molecule has 6 nitrogen and oxygen atoms in total. The molecule has 0 aromatic heterocycles. The number of nitrogens with zero attached hydrogens (tertiary/aromatic N) is 1. The first-order chi connectivity index (χ1) is 9.63. The van der Waals surface area contributed by atoms with Gasteiger partial charge in [0.2, 0.25) is 11.8 Å². The van der Waals surface area contributed by atoms with Crippen molar-refractivity contribution in [1.29, 1.82) is 0 Å². The molecule has 1 aliphatic heterocycles. The first-order valence-corrected chi connectivity index (χ1v) is 7.33. The number of amides is 2. The second-order valence-electron chi connectivity index (χ2n) is 4.88. The van der Waals surface area contributed by atoms with Crippen molar-refractivity contribution >= 4 is 17.8 Å². The predicted octanol–water partition coefficient (Wildman–Crippen LogP) is 0.848. The summed E-state index contributed by atoms with van der Waals surface area (Å²) < 4.78 is 4.79. The number of nitrogens with one attached hydrogen (secondary N) is 1. The molecule has 1 aliphatic rings. The van der Waals surface area contributed by atoms with Crippen molar-refractivity contribution in [2.75, 3.05) is 26.2 Å². The summed E-state index contributed by atoms with van der Waals surface area (Å²) in [5, 5.41) is 2.73. The van der Waals surface area contributed by atoms with Gasteiger partial charge in [0, 0.05) is 25.9 Å². The van der Waals surface area contributed by atoms with Gasteiger partial charge in [0.1, 0.15) is 0 Å². The third kappa shape index (κ3) is 6.54. The second kappa shape index (κ2) is 9.34. The highest BCUT2D eigenvalue weighted by Gasteiger charge is 2.18. The molecular formula is C14H24N2O4. The van der Waals surface area contributed by atoms with Gasteiger partial charge in [0.15, 0.2) is 0 Å². The van der Waals surface area contributed by atoms with E-state index in [1.807, 2.05) is 0 Å². The van der Waals surface area contributed by atoms with Crippen LogP contribution in [0.1, 0.15) is 45.4 Å². The molecule has 20 heavy (non-hydrogen) atoms. The van der Waals surface area contributed by atoms with Gasteiger partial charge in [0.05, 0.1) is 13.2 Å². The molecule has 2 amide bonds. The average molecular weight is 284 g/mol. The Morgan fingerprint density at radius 2 is 2.10 bits per heavy atom. The fourth-order valence-corrected chi connectivity index (χ4v) is 2.13. The molecule has 0 spiro atoms. The largest absolute Gasteiger partial charge is 0.466 e. The molecule has 0 unspecified atom stereocenters. The monoisotopic (exact) mass is 284 g/mol. The van der Waals surface area contributed by atoms with E-state index in [1.54, 1.807) is 11.8 Å². The molecule has 0 aromatic rings. The van der Waals surface area contributed by atoms with Crippen molar-refractivity contribution in [3.8, 4) is 0 Å². The quantitative estimate of drug-likeness (QED) is 0.555. The van der Waals surface area contributed by atoms with E-state index in [2.05, 4.69) is 5.32 Å². The van der Waals surface area contributed by atoms with Crippen molar-refractivity contribution < 1.29 is 19.1 Å². The molecule has 1 rings (SSSR count). The fraction of sp³-hybridized carbons (Fsp3) is 0.786. The van der Waals surface area contributed by atoms with Gasteiger partial charge in [-0.2, -0.15) is 0 Å². The SMILES string of the molecule is CCOC(=O)CCCNC(=O)CN1CCCCCC1=O. The molecule has 1 fully saturated rings. The molecule has 0 atom stereocenters. The van der Waals surface area contributed by atoms with E-state index in [1.165, 1.54) is 0 Å². The van der Waals surface area contributed by atoms with Crippen LogP contribution in [-0.4, -0.2) is 48.9 Å². The van der Waals surface area contributed by atoms with E-state index in [4.69, 9.17) is 4.74 Å². The van der Waals surface area contributed by atoms with E-state index >= 15 is 0 Å². The maximum absolute atomic E-state index is 11.7. The number of hydrogen-bond acceptors (Lipinski definition) is 4. The zero-order chi connectivity index (χ0) is 14.8. The minimum atomic E-state index is -0.246. The zero-order valence-electron chi connectivity index (χ0n) is 12.2. The smallest absolute Gasteiger partial charge is 0.305 e. The molecule has 0 radical (unpaired) electrons. The number of likely N-dealkylation sites (tertiary alicyclic amines) is 1. The Labute approximate surface area is 119 Å². The van der Waals surface area contributed by atoms with Crippen molar-refractivity contribution in [1.82, 2.24) is 10.2 Å². The summed E-state index contributed by atoms with van der Waals surface area (Å²) in [7, 11) is 0.